The molecule has 2 aliphatic carbocycles. The standard InChI is InChI=1S/C15H25N3/c1-11-13(12-6-3-2-4-7-12)18-14(17-11)15(10-16)8-5-9-15/h12H,2-10,16H2,1H3,(H,17,18). The number of aromatic nitrogens is 2. The van der Waals surface area contributed by atoms with Crippen LogP contribution >= 0.6 is 0 Å². The number of imidazole rings is 1. The zero-order chi connectivity index (χ0) is 12.6. The Morgan fingerprint density at radius 3 is 2.50 bits per heavy atom. The van der Waals surface area contributed by atoms with Gasteiger partial charge in [-0.1, -0.05) is 25.7 Å². The van der Waals surface area contributed by atoms with Crippen LogP contribution in [0.15, 0.2) is 0 Å². The van der Waals surface area contributed by atoms with Crippen LogP contribution in [-0.4, -0.2) is 16.5 Å². The largest absolute Gasteiger partial charge is 0.345 e. The Labute approximate surface area is 110 Å². The highest BCUT2D eigenvalue weighted by molar-refractivity contribution is 5.24. The molecule has 0 spiro atoms. The van der Waals surface area contributed by atoms with E-state index in [0.29, 0.717) is 5.92 Å². The summed E-state index contributed by atoms with van der Waals surface area (Å²) in [7, 11) is 0. The summed E-state index contributed by atoms with van der Waals surface area (Å²) in [6.07, 6.45) is 10.5. The first kappa shape index (κ1) is 12.2. The molecule has 2 fully saturated rings. The number of aromatic amines is 1. The van der Waals surface area contributed by atoms with Crippen molar-refractivity contribution in [2.24, 2.45) is 5.73 Å². The van der Waals surface area contributed by atoms with Gasteiger partial charge in [-0.05, 0) is 32.6 Å². The van der Waals surface area contributed by atoms with Crippen LogP contribution in [0.2, 0.25) is 0 Å². The molecular formula is C15H25N3. The van der Waals surface area contributed by atoms with Gasteiger partial charge in [0.05, 0.1) is 5.69 Å². The van der Waals surface area contributed by atoms with Gasteiger partial charge in [-0.25, -0.2) is 4.98 Å². The van der Waals surface area contributed by atoms with Gasteiger partial charge in [-0.3, -0.25) is 0 Å². The van der Waals surface area contributed by atoms with Crippen LogP contribution < -0.4 is 5.73 Å². The van der Waals surface area contributed by atoms with Crippen molar-refractivity contribution in [3.63, 3.8) is 0 Å². The second-order valence-electron chi connectivity index (χ2n) is 6.27. The maximum atomic E-state index is 5.98. The third kappa shape index (κ3) is 1.89. The molecule has 1 aromatic heterocycles. The van der Waals surface area contributed by atoms with Crippen molar-refractivity contribution in [2.75, 3.05) is 6.54 Å². The van der Waals surface area contributed by atoms with Gasteiger partial charge in [0.15, 0.2) is 0 Å². The Balaban J connectivity index is 1.85. The lowest BCUT2D eigenvalue weighted by atomic mass is 9.68. The minimum Gasteiger partial charge on any atom is -0.345 e. The highest BCUT2D eigenvalue weighted by Crippen LogP contribution is 2.43. The van der Waals surface area contributed by atoms with Gasteiger partial charge in [-0.15, -0.1) is 0 Å². The Morgan fingerprint density at radius 2 is 1.94 bits per heavy atom. The van der Waals surface area contributed by atoms with Crippen molar-refractivity contribution in [3.05, 3.63) is 17.2 Å². The van der Waals surface area contributed by atoms with Crippen LogP contribution in [0.5, 0.6) is 0 Å². The molecule has 0 atom stereocenters. The van der Waals surface area contributed by atoms with Crippen molar-refractivity contribution in [3.8, 4) is 0 Å². The summed E-state index contributed by atoms with van der Waals surface area (Å²) in [5.41, 5.74) is 8.78. The van der Waals surface area contributed by atoms with E-state index in [1.54, 1.807) is 0 Å². The van der Waals surface area contributed by atoms with Crippen LogP contribution in [0.3, 0.4) is 0 Å². The maximum absolute atomic E-state index is 5.98. The molecule has 3 heteroatoms. The summed E-state index contributed by atoms with van der Waals surface area (Å²) in [5, 5.41) is 0. The second kappa shape index (κ2) is 4.69. The monoisotopic (exact) mass is 247 g/mol. The fourth-order valence-corrected chi connectivity index (χ4v) is 3.64. The van der Waals surface area contributed by atoms with Crippen molar-refractivity contribution in [1.29, 1.82) is 0 Å². The fourth-order valence-electron chi connectivity index (χ4n) is 3.64. The number of aryl methyl sites for hydroxylation is 1. The van der Waals surface area contributed by atoms with E-state index in [0.717, 1.165) is 6.54 Å². The SMILES string of the molecule is Cc1[nH]c(C2(CN)CCC2)nc1C1CCCCC1. The molecule has 18 heavy (non-hydrogen) atoms. The summed E-state index contributed by atoms with van der Waals surface area (Å²) in [5.74, 6) is 1.87. The van der Waals surface area contributed by atoms with Gasteiger partial charge in [-0.2, -0.15) is 0 Å². The number of hydrogen-bond acceptors (Lipinski definition) is 2. The third-order valence-corrected chi connectivity index (χ3v) is 5.12. The molecule has 2 saturated carbocycles. The lowest BCUT2D eigenvalue weighted by Crippen LogP contribution is -2.42. The van der Waals surface area contributed by atoms with E-state index in [9.17, 15) is 0 Å². The van der Waals surface area contributed by atoms with Gasteiger partial charge >= 0.3 is 0 Å². The topological polar surface area (TPSA) is 54.7 Å². The number of nitrogens with one attached hydrogen (secondary N) is 1. The molecule has 0 aliphatic heterocycles. The number of H-pyrrole nitrogens is 1. The van der Waals surface area contributed by atoms with Crippen LogP contribution in [0.25, 0.3) is 0 Å². The quantitative estimate of drug-likeness (QED) is 0.862. The van der Waals surface area contributed by atoms with Crippen LogP contribution in [0.1, 0.15) is 74.5 Å². The molecule has 0 saturated heterocycles. The van der Waals surface area contributed by atoms with Gasteiger partial charge in [0, 0.05) is 23.6 Å². The molecule has 0 unspecified atom stereocenters. The highest BCUT2D eigenvalue weighted by atomic mass is 15.0. The Morgan fingerprint density at radius 1 is 1.22 bits per heavy atom. The number of nitrogens with two attached hydrogens (primary N) is 1. The van der Waals surface area contributed by atoms with Crippen LogP contribution in [0, 0.1) is 6.92 Å². The van der Waals surface area contributed by atoms with Crippen molar-refractivity contribution >= 4 is 0 Å². The first-order valence-electron chi connectivity index (χ1n) is 7.52. The van der Waals surface area contributed by atoms with E-state index in [2.05, 4.69) is 11.9 Å². The summed E-state index contributed by atoms with van der Waals surface area (Å²) in [6, 6.07) is 0. The van der Waals surface area contributed by atoms with Crippen molar-refractivity contribution < 1.29 is 0 Å². The molecule has 2 aliphatic rings. The Bertz CT molecular complexity index is 406. The van der Waals surface area contributed by atoms with Crippen LogP contribution in [0.4, 0.5) is 0 Å². The second-order valence-corrected chi connectivity index (χ2v) is 6.27. The molecule has 0 aromatic carbocycles. The van der Waals surface area contributed by atoms with E-state index in [1.807, 2.05) is 0 Å². The predicted molar refractivity (Wildman–Crippen MR) is 73.7 cm³/mol. The van der Waals surface area contributed by atoms with Gasteiger partial charge in [0.25, 0.3) is 0 Å². The van der Waals surface area contributed by atoms with Crippen molar-refractivity contribution in [2.45, 2.75) is 69.6 Å². The zero-order valence-electron chi connectivity index (χ0n) is 11.5. The first-order valence-corrected chi connectivity index (χ1v) is 7.52. The predicted octanol–water partition coefficient (Wildman–Crippen LogP) is 3.15. The minimum absolute atomic E-state index is 0.178. The highest BCUT2D eigenvalue weighted by Gasteiger charge is 2.40. The number of rotatable bonds is 3. The summed E-state index contributed by atoms with van der Waals surface area (Å²) >= 11 is 0. The van der Waals surface area contributed by atoms with Crippen LogP contribution in [-0.2, 0) is 5.41 Å². The minimum atomic E-state index is 0.178. The lowest BCUT2D eigenvalue weighted by molar-refractivity contribution is 0.239. The molecule has 0 amide bonds. The van der Waals surface area contributed by atoms with Gasteiger partial charge in [0.1, 0.15) is 5.82 Å². The van der Waals surface area contributed by atoms with E-state index in [1.165, 1.54) is 68.6 Å². The average molecular weight is 247 g/mol. The average Bonchev–Trinajstić information content (AvgIpc) is 2.72. The van der Waals surface area contributed by atoms with E-state index in [-0.39, 0.29) is 5.41 Å². The molecular weight excluding hydrogens is 222 g/mol. The van der Waals surface area contributed by atoms with E-state index >= 15 is 0 Å². The molecule has 100 valence electrons. The smallest absolute Gasteiger partial charge is 0.114 e. The van der Waals surface area contributed by atoms with Crippen molar-refractivity contribution in [1.82, 2.24) is 9.97 Å². The third-order valence-electron chi connectivity index (χ3n) is 5.12. The Hall–Kier alpha value is -0.830. The summed E-state index contributed by atoms with van der Waals surface area (Å²) < 4.78 is 0. The Kier molecular flexibility index (Phi) is 3.18. The normalized spacial score (nSPS) is 23.9. The molecule has 3 N–H and O–H groups in total. The molecule has 1 aromatic rings. The molecule has 3 nitrogen and oxygen atoms in total. The number of hydrogen-bond donors (Lipinski definition) is 2. The van der Waals surface area contributed by atoms with E-state index in [4.69, 9.17) is 10.7 Å². The maximum Gasteiger partial charge on any atom is 0.114 e. The van der Waals surface area contributed by atoms with E-state index < -0.39 is 0 Å². The molecule has 0 bridgehead atoms. The van der Waals surface area contributed by atoms with Gasteiger partial charge < -0.3 is 10.7 Å². The molecule has 0 radical (unpaired) electrons. The molecule has 1 heterocycles. The number of nitrogens with zero attached hydrogens (tertiary/aromatic N) is 1. The summed E-state index contributed by atoms with van der Waals surface area (Å²) in [6.45, 7) is 2.92. The lowest BCUT2D eigenvalue weighted by Gasteiger charge is -2.39. The first-order chi connectivity index (χ1) is 8.75. The zero-order valence-corrected chi connectivity index (χ0v) is 11.5. The fraction of sp³-hybridized carbons (Fsp3) is 0.800. The summed E-state index contributed by atoms with van der Waals surface area (Å²) in [4.78, 5) is 8.51. The molecule has 3 rings (SSSR count). The van der Waals surface area contributed by atoms with Gasteiger partial charge in [0.2, 0.25) is 0 Å².